The topological polar surface area (TPSA) is 68.0 Å². The second-order valence-electron chi connectivity index (χ2n) is 6.05. The fourth-order valence-electron chi connectivity index (χ4n) is 2.79. The molecule has 2 heterocycles. The van der Waals surface area contributed by atoms with Gasteiger partial charge in [0, 0.05) is 16.5 Å². The van der Waals surface area contributed by atoms with Gasteiger partial charge in [-0.15, -0.1) is 11.3 Å². The van der Waals surface area contributed by atoms with Gasteiger partial charge < -0.3 is 9.84 Å². The molecule has 142 valence electrons. The number of hydrogen-bond acceptors (Lipinski definition) is 5. The first kappa shape index (κ1) is 19.1. The van der Waals surface area contributed by atoms with E-state index < -0.39 is 17.6 Å². The maximum Gasteiger partial charge on any atom is 0.416 e. The minimum atomic E-state index is -4.43. The number of amides is 1. The van der Waals surface area contributed by atoms with E-state index in [-0.39, 0.29) is 11.7 Å². The van der Waals surface area contributed by atoms with Crippen molar-refractivity contribution >= 4 is 17.2 Å². The van der Waals surface area contributed by atoms with Gasteiger partial charge in [-0.2, -0.15) is 13.2 Å². The van der Waals surface area contributed by atoms with Crippen LogP contribution >= 0.6 is 11.3 Å². The number of carbonyl (C=O) groups is 1. The number of carbonyl (C=O) groups excluding carboxylic acids is 1. The van der Waals surface area contributed by atoms with E-state index in [1.807, 2.05) is 0 Å². The van der Waals surface area contributed by atoms with Crippen LogP contribution in [0.4, 0.5) is 13.2 Å². The molecule has 0 unspecified atom stereocenters. The summed E-state index contributed by atoms with van der Waals surface area (Å²) in [7, 11) is 0. The summed E-state index contributed by atoms with van der Waals surface area (Å²) < 4.78 is 43.7. The molecule has 0 aliphatic heterocycles. The van der Waals surface area contributed by atoms with Crippen molar-refractivity contribution in [1.29, 1.82) is 0 Å². The number of aryl methyl sites for hydroxylation is 2. The van der Waals surface area contributed by atoms with Gasteiger partial charge in [0.15, 0.2) is 0 Å². The molecule has 1 amide bonds. The van der Waals surface area contributed by atoms with Crippen LogP contribution in [0.15, 0.2) is 34.2 Å². The summed E-state index contributed by atoms with van der Waals surface area (Å²) in [5.74, 6) is 0.195. The Morgan fingerprint density at radius 2 is 2.04 bits per heavy atom. The Kier molecular flexibility index (Phi) is 5.05. The Labute approximate surface area is 157 Å². The van der Waals surface area contributed by atoms with Gasteiger partial charge >= 0.3 is 6.18 Å². The molecule has 0 aliphatic rings. The first-order chi connectivity index (χ1) is 12.7. The SMILES string of the molecule is Cc1noc(C)c1[C@H](C)NC(=O)c1csc(-c2cccc(C(F)(F)F)c2)n1. The molecular formula is C18H16F3N3O2S. The molecular weight excluding hydrogens is 379 g/mol. The number of nitrogens with zero attached hydrogens (tertiary/aromatic N) is 2. The van der Waals surface area contributed by atoms with Crippen molar-refractivity contribution in [3.8, 4) is 10.6 Å². The Hall–Kier alpha value is -2.68. The van der Waals surface area contributed by atoms with E-state index in [2.05, 4.69) is 15.5 Å². The number of thiazole rings is 1. The van der Waals surface area contributed by atoms with Crippen molar-refractivity contribution in [1.82, 2.24) is 15.5 Å². The van der Waals surface area contributed by atoms with E-state index in [4.69, 9.17) is 4.52 Å². The van der Waals surface area contributed by atoms with Crippen molar-refractivity contribution in [2.75, 3.05) is 0 Å². The molecule has 1 aromatic carbocycles. The van der Waals surface area contributed by atoms with E-state index in [1.165, 1.54) is 17.5 Å². The number of aromatic nitrogens is 2. The third-order valence-electron chi connectivity index (χ3n) is 4.04. The average molecular weight is 395 g/mol. The number of nitrogens with one attached hydrogen (secondary N) is 1. The van der Waals surface area contributed by atoms with Crippen molar-refractivity contribution in [2.45, 2.75) is 33.0 Å². The Bertz CT molecular complexity index is 959. The summed E-state index contributed by atoms with van der Waals surface area (Å²) in [6.45, 7) is 5.33. The minimum absolute atomic E-state index is 0.144. The molecule has 0 aliphatic carbocycles. The number of halogens is 3. The molecule has 27 heavy (non-hydrogen) atoms. The van der Waals surface area contributed by atoms with Crippen LogP contribution in [-0.4, -0.2) is 16.0 Å². The second-order valence-corrected chi connectivity index (χ2v) is 6.91. The molecule has 9 heteroatoms. The zero-order valence-electron chi connectivity index (χ0n) is 14.7. The molecule has 5 nitrogen and oxygen atoms in total. The van der Waals surface area contributed by atoms with Crippen molar-refractivity contribution < 1.29 is 22.5 Å². The van der Waals surface area contributed by atoms with Gasteiger partial charge in [-0.1, -0.05) is 17.3 Å². The molecule has 0 bridgehead atoms. The van der Waals surface area contributed by atoms with E-state index in [0.29, 0.717) is 22.0 Å². The van der Waals surface area contributed by atoms with Crippen molar-refractivity contribution in [3.05, 3.63) is 57.9 Å². The summed E-state index contributed by atoms with van der Waals surface area (Å²) >= 11 is 1.11. The highest BCUT2D eigenvalue weighted by Crippen LogP contribution is 2.33. The van der Waals surface area contributed by atoms with Crippen LogP contribution < -0.4 is 5.32 Å². The van der Waals surface area contributed by atoms with Crippen LogP contribution in [0.3, 0.4) is 0 Å². The maximum absolute atomic E-state index is 12.9. The molecule has 0 saturated carbocycles. The highest BCUT2D eigenvalue weighted by molar-refractivity contribution is 7.13. The first-order valence-electron chi connectivity index (χ1n) is 8.03. The molecule has 0 spiro atoms. The van der Waals surface area contributed by atoms with E-state index in [0.717, 1.165) is 29.0 Å². The van der Waals surface area contributed by atoms with Gasteiger partial charge in [0.1, 0.15) is 16.5 Å². The van der Waals surface area contributed by atoms with Crippen LogP contribution in [-0.2, 0) is 6.18 Å². The van der Waals surface area contributed by atoms with E-state index >= 15 is 0 Å². The van der Waals surface area contributed by atoms with Gasteiger partial charge in [0.25, 0.3) is 5.91 Å². The number of hydrogen-bond donors (Lipinski definition) is 1. The van der Waals surface area contributed by atoms with E-state index in [1.54, 1.807) is 20.8 Å². The lowest BCUT2D eigenvalue weighted by Gasteiger charge is -2.12. The molecule has 3 rings (SSSR count). The smallest absolute Gasteiger partial charge is 0.361 e. The van der Waals surface area contributed by atoms with Gasteiger partial charge in [-0.25, -0.2) is 4.98 Å². The third kappa shape index (κ3) is 4.02. The number of alkyl halides is 3. The molecule has 3 aromatic rings. The Morgan fingerprint density at radius 3 is 2.67 bits per heavy atom. The fourth-order valence-corrected chi connectivity index (χ4v) is 3.59. The van der Waals surface area contributed by atoms with Gasteiger partial charge in [-0.3, -0.25) is 4.79 Å². The summed E-state index contributed by atoms with van der Waals surface area (Å²) in [6, 6.07) is 4.52. The summed E-state index contributed by atoms with van der Waals surface area (Å²) in [6.07, 6.45) is -4.43. The van der Waals surface area contributed by atoms with Crippen LogP contribution in [0.2, 0.25) is 0 Å². The number of benzene rings is 1. The summed E-state index contributed by atoms with van der Waals surface area (Å²) in [4.78, 5) is 16.6. The average Bonchev–Trinajstić information content (AvgIpc) is 3.21. The maximum atomic E-state index is 12.9. The van der Waals surface area contributed by atoms with Gasteiger partial charge in [0.05, 0.1) is 17.3 Å². The van der Waals surface area contributed by atoms with Gasteiger partial charge in [0.2, 0.25) is 0 Å². The third-order valence-corrected chi connectivity index (χ3v) is 4.93. The highest BCUT2D eigenvalue weighted by Gasteiger charge is 2.30. The lowest BCUT2D eigenvalue weighted by atomic mass is 10.1. The van der Waals surface area contributed by atoms with Crippen molar-refractivity contribution in [2.24, 2.45) is 0 Å². The van der Waals surface area contributed by atoms with Crippen molar-refractivity contribution in [3.63, 3.8) is 0 Å². The molecule has 2 aromatic heterocycles. The van der Waals surface area contributed by atoms with Crippen LogP contribution in [0.25, 0.3) is 10.6 Å². The minimum Gasteiger partial charge on any atom is -0.361 e. The predicted octanol–water partition coefficient (Wildman–Crippen LogP) is 4.92. The van der Waals surface area contributed by atoms with Crippen LogP contribution in [0, 0.1) is 13.8 Å². The molecule has 1 N–H and O–H groups in total. The molecule has 0 fully saturated rings. The summed E-state index contributed by atoms with van der Waals surface area (Å²) in [5, 5.41) is 8.53. The number of rotatable bonds is 4. The lowest BCUT2D eigenvalue weighted by Crippen LogP contribution is -2.27. The van der Waals surface area contributed by atoms with Crippen LogP contribution in [0.1, 0.15) is 46.0 Å². The quantitative estimate of drug-likeness (QED) is 0.681. The molecule has 0 radical (unpaired) electrons. The highest BCUT2D eigenvalue weighted by atomic mass is 32.1. The predicted molar refractivity (Wildman–Crippen MR) is 94.4 cm³/mol. The Morgan fingerprint density at radius 1 is 1.30 bits per heavy atom. The largest absolute Gasteiger partial charge is 0.416 e. The fraction of sp³-hybridized carbons (Fsp3) is 0.278. The zero-order chi connectivity index (χ0) is 19.8. The Balaban J connectivity index is 1.79. The van der Waals surface area contributed by atoms with E-state index in [9.17, 15) is 18.0 Å². The molecule has 0 saturated heterocycles. The normalized spacial score (nSPS) is 12.8. The van der Waals surface area contributed by atoms with Crippen LogP contribution in [0.5, 0.6) is 0 Å². The summed E-state index contributed by atoms with van der Waals surface area (Å²) in [5.41, 5.74) is 1.17. The standard InChI is InChI=1S/C18H16F3N3O2S/c1-9(15-10(2)24-26-11(15)3)22-16(25)14-8-27-17(23-14)12-5-4-6-13(7-12)18(19,20)21/h4-9H,1-3H3,(H,22,25)/t9-/m0/s1. The van der Waals surface area contributed by atoms with Gasteiger partial charge in [-0.05, 0) is 32.9 Å². The monoisotopic (exact) mass is 395 g/mol. The second kappa shape index (κ2) is 7.15. The molecule has 1 atom stereocenters. The lowest BCUT2D eigenvalue weighted by molar-refractivity contribution is -0.137. The first-order valence-corrected chi connectivity index (χ1v) is 8.91. The zero-order valence-corrected chi connectivity index (χ0v) is 15.5.